The normalized spacial score (nSPS) is 15.9. The van der Waals surface area contributed by atoms with Gasteiger partial charge < -0.3 is 84.3 Å². The van der Waals surface area contributed by atoms with Crippen molar-refractivity contribution in [2.24, 2.45) is 31.8 Å². The Hall–Kier alpha value is -9.24. The molecule has 3 aromatic rings. The molecule has 0 radical (unpaired) electrons. The second kappa shape index (κ2) is 45.9. The number of ketones is 1. The van der Waals surface area contributed by atoms with Crippen LogP contribution >= 0.6 is 11.6 Å². The Balaban J connectivity index is 0.000000614. The predicted octanol–water partition coefficient (Wildman–Crippen LogP) is 7.72. The fourth-order valence-electron chi connectivity index (χ4n) is 6.84. The van der Waals surface area contributed by atoms with Gasteiger partial charge in [-0.1, -0.05) is 66.0 Å². The van der Waals surface area contributed by atoms with Gasteiger partial charge in [0.25, 0.3) is 0 Å². The number of nitrogens with one attached hydrogen (secondary N) is 1. The number of carbonyl (C=O) groups excluding carboxylic acids is 3. The van der Waals surface area contributed by atoms with Crippen LogP contribution in [0.3, 0.4) is 0 Å². The first-order chi connectivity index (χ1) is 44.1. The molecule has 0 spiro atoms. The van der Waals surface area contributed by atoms with Crippen molar-refractivity contribution < 1.29 is 77.1 Å². The quantitative estimate of drug-likeness (QED) is 0.0167. The number of alkyl halides is 1. The van der Waals surface area contributed by atoms with E-state index in [4.69, 9.17) is 70.9 Å². The molecule has 8 N–H and O–H groups in total. The maximum Gasteiger partial charge on any atom is 0.307 e. The molecular formula is C69H88ClN7O16. The number of aliphatic imine (C=N–C) groups is 4. The first kappa shape index (κ1) is 81.8. The third-order valence-corrected chi connectivity index (χ3v) is 11.2. The van der Waals surface area contributed by atoms with Crippen LogP contribution in [0.4, 0.5) is 17.1 Å². The highest BCUT2D eigenvalue weighted by Crippen LogP contribution is 2.32. The Morgan fingerprint density at radius 1 is 0.613 bits per heavy atom. The van der Waals surface area contributed by atoms with Crippen LogP contribution in [0.1, 0.15) is 72.1 Å². The zero-order valence-corrected chi connectivity index (χ0v) is 55.8. The van der Waals surface area contributed by atoms with Gasteiger partial charge in [-0.05, 0) is 141 Å². The smallest absolute Gasteiger partial charge is 0.307 e. The van der Waals surface area contributed by atoms with Gasteiger partial charge in [0.1, 0.15) is 85.2 Å². The Morgan fingerprint density at radius 3 is 1.52 bits per heavy atom. The lowest BCUT2D eigenvalue weighted by atomic mass is 9.91. The summed E-state index contributed by atoms with van der Waals surface area (Å²) >= 11 is 6.20. The molecule has 0 amide bonds. The fraction of sp³-hybridized carbons (Fsp3) is 0.406. The molecule has 4 unspecified atom stereocenters. The molecule has 0 fully saturated rings. The first-order valence-electron chi connectivity index (χ1n) is 28.7. The average molecular weight is 1310 g/mol. The lowest BCUT2D eigenvalue weighted by molar-refractivity contribution is -0.123. The minimum atomic E-state index is -1.09. The Kier molecular flexibility index (Phi) is 40.4. The van der Waals surface area contributed by atoms with Crippen LogP contribution in [-0.4, -0.2) is 168 Å². The van der Waals surface area contributed by atoms with E-state index in [0.29, 0.717) is 81.6 Å². The van der Waals surface area contributed by atoms with Crippen molar-refractivity contribution in [2.75, 3.05) is 98.1 Å². The Bertz CT molecular complexity index is 3270. The number of aliphatic hydroxyl groups is 3. The lowest BCUT2D eigenvalue weighted by Gasteiger charge is -2.29. The summed E-state index contributed by atoms with van der Waals surface area (Å²) in [7, 11) is 6.51. The number of methoxy groups -OCH3 is 4. The van der Waals surface area contributed by atoms with Crippen molar-refractivity contribution in [1.82, 2.24) is 0 Å². The molecule has 0 saturated carbocycles. The highest BCUT2D eigenvalue weighted by Gasteiger charge is 2.33. The number of aryl methyl sites for hydroxylation is 1. The van der Waals surface area contributed by atoms with Gasteiger partial charge in [0, 0.05) is 62.7 Å². The highest BCUT2D eigenvalue weighted by molar-refractivity contribution is 6.24. The summed E-state index contributed by atoms with van der Waals surface area (Å²) in [5, 5.41) is 31.5. The number of anilines is 3. The van der Waals surface area contributed by atoms with Gasteiger partial charge in [-0.25, -0.2) is 9.98 Å². The number of hydrogen-bond donors (Lipinski definition) is 6. The van der Waals surface area contributed by atoms with Crippen molar-refractivity contribution in [2.45, 2.75) is 90.7 Å². The molecule has 0 bridgehead atoms. The molecule has 2 aliphatic carbocycles. The van der Waals surface area contributed by atoms with Gasteiger partial charge in [-0.3, -0.25) is 19.6 Å². The number of rotatable bonds is 19. The van der Waals surface area contributed by atoms with Crippen molar-refractivity contribution in [3.63, 3.8) is 0 Å². The molecule has 24 heteroatoms. The van der Waals surface area contributed by atoms with E-state index >= 15 is 0 Å². The molecule has 2 heterocycles. The number of allylic oxidation sites excluding steroid dienone is 1. The summed E-state index contributed by atoms with van der Waals surface area (Å²) < 4.78 is 51.0. The largest absolute Gasteiger partial charge is 0.488 e. The van der Waals surface area contributed by atoms with Gasteiger partial charge in [0.2, 0.25) is 0 Å². The number of Topliss-reactive ketones (excluding diaryl/α,β-unsaturated/α-hetero) is 1. The number of terminal acetylenes is 1. The Morgan fingerprint density at radius 2 is 1.06 bits per heavy atom. The SMILES string of the molecule is C#COC=O.CC(C)(O)C#COC=O.CC(C)(O)C#Cc1cccc(N)c1.CC(C)=O.COCCOC1=CC2=NC=NC(Cl)C2C=C1OCCOC.COCCOC1=CC2N=CN=C(Nc3cccc(C#CC(C)(C)O)c3)C2C=C1OCCOC.Cc1cccc(N)c1. The second-order valence-electron chi connectivity index (χ2n) is 21.1. The monoisotopic (exact) mass is 1310 g/mol. The molecule has 23 nitrogen and oxygen atoms in total. The van der Waals surface area contributed by atoms with Gasteiger partial charge in [0.05, 0.1) is 50.0 Å². The molecule has 0 saturated heterocycles. The third kappa shape index (κ3) is 39.6. The molecule has 93 heavy (non-hydrogen) atoms. The molecule has 7 rings (SSSR count). The van der Waals surface area contributed by atoms with Crippen molar-refractivity contribution in [3.8, 4) is 48.2 Å². The fourth-order valence-corrected chi connectivity index (χ4v) is 7.10. The highest BCUT2D eigenvalue weighted by atomic mass is 35.5. The zero-order valence-electron chi connectivity index (χ0n) is 55.1. The number of benzene rings is 3. The minimum absolute atomic E-state index is 0.107. The van der Waals surface area contributed by atoms with Crippen molar-refractivity contribution in [1.29, 1.82) is 0 Å². The van der Waals surface area contributed by atoms with E-state index in [2.05, 4.69) is 70.8 Å². The number of nitrogen functional groups attached to an aromatic ring is 2. The van der Waals surface area contributed by atoms with Gasteiger partial charge in [0.15, 0.2) is 23.0 Å². The number of amidine groups is 1. The average Bonchev–Trinajstić information content (AvgIpc) is 0.812. The minimum Gasteiger partial charge on any atom is -0.488 e. The van der Waals surface area contributed by atoms with Gasteiger partial charge >= 0.3 is 12.9 Å². The summed E-state index contributed by atoms with van der Waals surface area (Å²) in [4.78, 5) is 45.3. The standard InChI is InChI=1S/C25H31N3O5.C14H19ClN2O4.C11H13NO.C7H9N.C6H8O3.C3H2O2.C3H6O/c1-25(2,29)9-8-18-6-5-7-19(14-18)28-24-20-15-22(32-12-10-30-3)23(33-13-11-31-4)16-21(20)26-17-27-24;1-18-3-5-20-12-7-10-11(16-9-17-14(10)15)8-13(12)21-6-4-19-2;1-11(2,13)7-6-9-4-3-5-10(12)8-9;1-6-3-2-4-7(8)5-6;1-6(2,8)3-4-9-5-7;1-2-5-3-4;1-3(2)4/h5-7,14-17,20-21,29H,10-13H2,1-4H3,(H,26,27,28);7-10,14H,3-6H2,1-2H3;3-5,8,13H,12H2,1-2H3;2-5H,8H2,1H3;5,8H,1-2H3;1,3H;1-2H3. The van der Waals surface area contributed by atoms with E-state index in [1.165, 1.54) is 39.6 Å². The van der Waals surface area contributed by atoms with Crippen LogP contribution in [0.25, 0.3) is 0 Å². The number of halogens is 1. The summed E-state index contributed by atoms with van der Waals surface area (Å²) in [5.74, 6) is 16.8. The van der Waals surface area contributed by atoms with Crippen LogP contribution in [0.5, 0.6) is 0 Å². The van der Waals surface area contributed by atoms with E-state index < -0.39 is 16.8 Å². The lowest BCUT2D eigenvalue weighted by Crippen LogP contribution is -2.35. The molecular weight excluding hydrogens is 1220 g/mol. The second-order valence-corrected chi connectivity index (χ2v) is 21.5. The van der Waals surface area contributed by atoms with E-state index in [0.717, 1.165) is 34.0 Å². The van der Waals surface area contributed by atoms with Crippen LogP contribution in [-0.2, 0) is 61.8 Å². The van der Waals surface area contributed by atoms with Crippen LogP contribution in [0.2, 0.25) is 0 Å². The van der Waals surface area contributed by atoms with Crippen LogP contribution < -0.4 is 16.8 Å². The number of fused-ring (bicyclic) bond motifs is 2. The summed E-state index contributed by atoms with van der Waals surface area (Å²) in [6.45, 7) is 18.7. The van der Waals surface area contributed by atoms with E-state index in [1.807, 2.05) is 98.0 Å². The van der Waals surface area contributed by atoms with Crippen molar-refractivity contribution >= 4 is 71.6 Å². The van der Waals surface area contributed by atoms with Crippen LogP contribution in [0.15, 0.2) is 140 Å². The number of carbonyl (C=O) groups is 3. The number of hydrogen-bond acceptors (Lipinski definition) is 23. The summed E-state index contributed by atoms with van der Waals surface area (Å²) in [5.41, 5.74) is 13.5. The van der Waals surface area contributed by atoms with Gasteiger partial charge in [-0.15, -0.1) is 0 Å². The van der Waals surface area contributed by atoms with E-state index in [-0.39, 0.29) is 42.1 Å². The number of nitrogens with zero attached hydrogens (tertiary/aromatic N) is 4. The molecule has 3 aromatic carbocycles. The molecule has 502 valence electrons. The Labute approximate surface area is 552 Å². The first-order valence-corrected chi connectivity index (χ1v) is 29.2. The zero-order chi connectivity index (χ0) is 69.7. The molecule has 4 aliphatic rings. The van der Waals surface area contributed by atoms with Crippen LogP contribution in [0, 0.1) is 67.0 Å². The maximum absolute atomic E-state index is 9.86. The molecule has 4 atom stereocenters. The predicted molar refractivity (Wildman–Crippen MR) is 362 cm³/mol. The van der Waals surface area contributed by atoms with E-state index in [9.17, 15) is 19.8 Å². The third-order valence-electron chi connectivity index (χ3n) is 10.8. The molecule has 2 aliphatic heterocycles. The van der Waals surface area contributed by atoms with Crippen molar-refractivity contribution in [3.05, 3.63) is 137 Å². The number of nitrogens with two attached hydrogens (primary N) is 2. The summed E-state index contributed by atoms with van der Waals surface area (Å²) in [6, 6.07) is 22.6. The van der Waals surface area contributed by atoms with Gasteiger partial charge in [-0.2, -0.15) is 0 Å². The van der Waals surface area contributed by atoms with E-state index in [1.54, 1.807) is 80.7 Å². The topological polar surface area (TPSA) is 318 Å². The maximum atomic E-state index is 9.86. The number of ether oxygens (including phenoxy) is 10. The molecule has 0 aromatic heterocycles. The summed E-state index contributed by atoms with van der Waals surface area (Å²) in [6.07, 6.45) is 18.8.